The Morgan fingerprint density at radius 3 is 1.23 bits per heavy atom. The quantitative estimate of drug-likeness (QED) is 0.0911. The zero-order valence-electron chi connectivity index (χ0n) is 35.7. The summed E-state index contributed by atoms with van der Waals surface area (Å²) in [4.78, 5) is 24.7. The van der Waals surface area contributed by atoms with Crippen molar-refractivity contribution in [2.45, 2.75) is 38.5 Å². The molecule has 0 saturated heterocycles. The number of hydrogen-bond acceptors (Lipinski definition) is 5. The van der Waals surface area contributed by atoms with Crippen molar-refractivity contribution >= 4 is 97.9 Å². The molecule has 0 saturated carbocycles. The van der Waals surface area contributed by atoms with Crippen LogP contribution in [0.5, 0.6) is 0 Å². The Balaban J connectivity index is 1.41. The highest BCUT2D eigenvalue weighted by atomic mass is 79.9. The van der Waals surface area contributed by atoms with Gasteiger partial charge in [0.05, 0.1) is 28.5 Å². The number of H-pyrrole nitrogens is 2. The van der Waals surface area contributed by atoms with Gasteiger partial charge in [-0.25, -0.2) is 9.97 Å². The number of nitrogens with one attached hydrogen (secondary N) is 2. The Morgan fingerprint density at radius 2 is 0.788 bits per heavy atom. The van der Waals surface area contributed by atoms with Crippen LogP contribution < -0.4 is 0 Å². The average molecular weight is 1130 g/mol. The summed E-state index contributed by atoms with van der Waals surface area (Å²) in [5.41, 5.74) is 18.5. The van der Waals surface area contributed by atoms with Gasteiger partial charge in [0.15, 0.2) is 0 Å². The predicted molar refractivity (Wildman–Crippen MR) is 285 cm³/mol. The Morgan fingerprint density at radius 1 is 0.394 bits per heavy atom. The van der Waals surface area contributed by atoms with Crippen molar-refractivity contribution in [2.75, 3.05) is 13.2 Å². The minimum atomic E-state index is 0.122. The number of rotatable bonds is 12. The molecule has 7 nitrogen and oxygen atoms in total. The van der Waals surface area contributed by atoms with Gasteiger partial charge in [0, 0.05) is 86.7 Å². The number of benzene rings is 4. The van der Waals surface area contributed by atoms with Crippen LogP contribution in [-0.2, 0) is 12.8 Å². The van der Waals surface area contributed by atoms with E-state index in [2.05, 4.69) is 213 Å². The molecule has 10 rings (SSSR count). The number of aliphatic hydroxyl groups excluding tert-OH is 2. The maximum absolute atomic E-state index is 9.85. The molecule has 0 unspecified atom stereocenters. The Kier molecular flexibility index (Phi) is 13.2. The topological polar surface area (TPSA) is 111 Å². The molecule has 4 N–H and O–H groups in total. The summed E-state index contributed by atoms with van der Waals surface area (Å²) in [7, 11) is 0. The molecular weight excluding hydrogens is 1080 g/mol. The molecule has 0 spiro atoms. The van der Waals surface area contributed by atoms with Crippen LogP contribution in [0.1, 0.15) is 48.3 Å². The summed E-state index contributed by atoms with van der Waals surface area (Å²) in [6.45, 7) is 0.252. The molecule has 2 aliphatic heterocycles. The van der Waals surface area contributed by atoms with Crippen LogP contribution in [0.25, 0.3) is 101 Å². The van der Waals surface area contributed by atoms with Crippen molar-refractivity contribution < 1.29 is 10.2 Å². The number of aromatic nitrogens is 5. The lowest BCUT2D eigenvalue weighted by Gasteiger charge is -2.14. The van der Waals surface area contributed by atoms with Crippen LogP contribution in [0.3, 0.4) is 0 Å². The molecule has 8 bridgehead atoms. The van der Waals surface area contributed by atoms with E-state index < -0.39 is 0 Å². The molecule has 0 atom stereocenters. The molecule has 11 heteroatoms. The van der Waals surface area contributed by atoms with E-state index in [1.54, 1.807) is 0 Å². The van der Waals surface area contributed by atoms with Gasteiger partial charge < -0.3 is 20.2 Å². The minimum absolute atomic E-state index is 0.122. The molecular formula is C55H43Br4N5O2. The summed E-state index contributed by atoms with van der Waals surface area (Å²) in [6.07, 6.45) is 8.70. The molecule has 0 aliphatic carbocycles. The first kappa shape index (κ1) is 44.6. The van der Waals surface area contributed by atoms with Crippen molar-refractivity contribution in [3.05, 3.63) is 168 Å². The zero-order chi connectivity index (χ0) is 45.3. The normalized spacial score (nSPS) is 11.9. The van der Waals surface area contributed by atoms with E-state index >= 15 is 0 Å². The second kappa shape index (κ2) is 19.5. The lowest BCUT2D eigenvalue weighted by molar-refractivity contribution is 0.283. The first-order chi connectivity index (χ1) is 32.3. The van der Waals surface area contributed by atoms with E-state index in [1.165, 1.54) is 0 Å². The van der Waals surface area contributed by atoms with Crippen LogP contribution in [0.15, 0.2) is 145 Å². The lowest BCUT2D eigenvalue weighted by Crippen LogP contribution is -2.03. The number of fused-ring (bicyclic) bond motifs is 11. The van der Waals surface area contributed by atoms with Gasteiger partial charge in [0.2, 0.25) is 0 Å². The lowest BCUT2D eigenvalue weighted by atomic mass is 9.94. The van der Waals surface area contributed by atoms with Gasteiger partial charge in [-0.3, -0.25) is 4.98 Å². The van der Waals surface area contributed by atoms with Crippen LogP contribution in [0, 0.1) is 0 Å². The molecule has 8 aromatic rings. The van der Waals surface area contributed by atoms with Gasteiger partial charge in [0.25, 0.3) is 0 Å². The maximum atomic E-state index is 9.85. The third-order valence-electron chi connectivity index (χ3n) is 12.2. The van der Waals surface area contributed by atoms with E-state index in [4.69, 9.17) is 15.0 Å². The number of aromatic amines is 2. The molecule has 2 aliphatic rings. The smallest absolute Gasteiger partial charge is 0.1000 e. The van der Waals surface area contributed by atoms with Gasteiger partial charge in [-0.05, 0) is 157 Å². The van der Waals surface area contributed by atoms with Gasteiger partial charge in [0.1, 0.15) is 0 Å². The van der Waals surface area contributed by atoms with Crippen molar-refractivity contribution in [1.29, 1.82) is 0 Å². The summed E-state index contributed by atoms with van der Waals surface area (Å²) in [6, 6.07) is 44.5. The Labute approximate surface area is 416 Å². The number of aliphatic hydroxyl groups is 2. The van der Waals surface area contributed by atoms with Crippen LogP contribution in [0.2, 0.25) is 0 Å². The summed E-state index contributed by atoms with van der Waals surface area (Å²) in [5, 5.41) is 19.7. The Bertz CT molecular complexity index is 3090. The van der Waals surface area contributed by atoms with E-state index in [-0.39, 0.29) is 13.2 Å². The summed E-state index contributed by atoms with van der Waals surface area (Å²) >= 11 is 14.7. The fourth-order valence-corrected chi connectivity index (χ4v) is 10.1. The number of unbranched alkanes of at least 4 members (excludes halogenated alkanes) is 2. The van der Waals surface area contributed by atoms with E-state index in [9.17, 15) is 10.2 Å². The first-order valence-corrected chi connectivity index (χ1v) is 25.2. The van der Waals surface area contributed by atoms with Gasteiger partial charge in [-0.15, -0.1) is 0 Å². The molecule has 0 amide bonds. The largest absolute Gasteiger partial charge is 0.396 e. The highest BCUT2D eigenvalue weighted by Gasteiger charge is 2.29. The van der Waals surface area contributed by atoms with Crippen LogP contribution in [-0.4, -0.2) is 48.3 Å². The number of halogens is 4. The molecule has 6 heterocycles. The van der Waals surface area contributed by atoms with Crippen LogP contribution >= 0.6 is 63.7 Å². The SMILES string of the molecule is OCCCCc1cc2c(nc1CCCCO)-c1nc-2c(-c2ccc(Br)cc2)c2ccc([nH]2)c(-c2ccc(Br)cc2)c2nc(c(-c3ccc(Br)cc3)c3ccc([nH]3)c1-c1ccc(Br)cc1)C=C2. The van der Waals surface area contributed by atoms with Gasteiger partial charge in [-0.1, -0.05) is 112 Å². The minimum Gasteiger partial charge on any atom is -0.396 e. The summed E-state index contributed by atoms with van der Waals surface area (Å²) in [5.74, 6) is 0. The van der Waals surface area contributed by atoms with Crippen molar-refractivity contribution in [3.8, 4) is 67.2 Å². The number of nitrogens with zero attached hydrogens (tertiary/aromatic N) is 3. The second-order valence-corrected chi connectivity index (χ2v) is 20.1. The fourth-order valence-electron chi connectivity index (χ4n) is 9.01. The van der Waals surface area contributed by atoms with Crippen molar-refractivity contribution in [3.63, 3.8) is 0 Å². The predicted octanol–water partition coefficient (Wildman–Crippen LogP) is 15.6. The highest BCUT2D eigenvalue weighted by Crippen LogP contribution is 2.47. The molecule has 0 radical (unpaired) electrons. The van der Waals surface area contributed by atoms with Gasteiger partial charge >= 0.3 is 0 Å². The number of aryl methyl sites for hydroxylation is 2. The Hall–Kier alpha value is -5.27. The van der Waals surface area contributed by atoms with Gasteiger partial charge in [-0.2, -0.15) is 0 Å². The second-order valence-electron chi connectivity index (χ2n) is 16.5. The molecule has 66 heavy (non-hydrogen) atoms. The van der Waals surface area contributed by atoms with E-state index in [1.807, 2.05) is 0 Å². The van der Waals surface area contributed by atoms with E-state index in [0.29, 0.717) is 19.3 Å². The van der Waals surface area contributed by atoms with Crippen LogP contribution in [0.4, 0.5) is 0 Å². The first-order valence-electron chi connectivity index (χ1n) is 22.0. The monoisotopic (exact) mass is 1120 g/mol. The summed E-state index contributed by atoms with van der Waals surface area (Å²) < 4.78 is 3.94. The zero-order valence-corrected chi connectivity index (χ0v) is 42.0. The average Bonchev–Trinajstić information content (AvgIpc) is 4.16. The standard InChI is InChI=1S/C55H43Br4N5O2/c56-37-15-7-32(8-16-37)49-43-23-24-44(60-43)50(33-9-17-38(57)18-10-33)46-26-28-48(62-46)52(35-13-21-40(59)22-14-35)55-54-41(31-36(5-1-3-29-65)42(63-54)6-2-4-30-66)53(64-55)51(47-27-25-45(49)61-47)34-11-19-39(58)20-12-34/h7-28,31,61-62,65-66H,1-6,29-30H2. The number of pyridine rings is 1. The fraction of sp³-hybridized carbons (Fsp3) is 0.145. The molecule has 0 fully saturated rings. The highest BCUT2D eigenvalue weighted by molar-refractivity contribution is 9.11. The van der Waals surface area contributed by atoms with Crippen molar-refractivity contribution in [1.82, 2.24) is 24.9 Å². The molecule has 4 aromatic heterocycles. The van der Waals surface area contributed by atoms with Crippen molar-refractivity contribution in [2.24, 2.45) is 0 Å². The molecule has 4 aromatic carbocycles. The maximum Gasteiger partial charge on any atom is 0.1000 e. The third-order valence-corrected chi connectivity index (χ3v) is 14.3. The van der Waals surface area contributed by atoms with E-state index in [0.717, 1.165) is 149 Å². The molecule has 328 valence electrons. The third kappa shape index (κ3) is 8.97. The number of hydrogen-bond donors (Lipinski definition) is 4.